The summed E-state index contributed by atoms with van der Waals surface area (Å²) in [6.45, 7) is 7.63. The molecule has 1 aliphatic rings. The van der Waals surface area contributed by atoms with Crippen LogP contribution < -0.4 is 0 Å². The molecule has 0 radical (unpaired) electrons. The van der Waals surface area contributed by atoms with Crippen LogP contribution in [0.1, 0.15) is 50.3 Å². The van der Waals surface area contributed by atoms with E-state index in [2.05, 4.69) is 25.1 Å². The smallest absolute Gasteiger partial charge is 0.308 e. The highest BCUT2D eigenvalue weighted by atomic mass is 16.6. The van der Waals surface area contributed by atoms with Gasteiger partial charge in [0.25, 0.3) is 0 Å². The monoisotopic (exact) mass is 290 g/mol. The number of hydrogen-bond acceptors (Lipinski definition) is 3. The predicted molar refractivity (Wildman–Crippen MR) is 83.2 cm³/mol. The van der Waals surface area contributed by atoms with Gasteiger partial charge in [-0.15, -0.1) is 0 Å². The number of carbonyl (C=O) groups is 1. The Morgan fingerprint density at radius 3 is 2.76 bits per heavy atom. The van der Waals surface area contributed by atoms with Crippen molar-refractivity contribution in [3.8, 4) is 0 Å². The molecular formula is C18H26O3. The number of aryl methyl sites for hydroxylation is 2. The second-order valence-corrected chi connectivity index (χ2v) is 7.13. The number of ether oxygens (including phenoxy) is 1. The molecule has 1 N–H and O–H groups in total. The van der Waals surface area contributed by atoms with E-state index in [1.165, 1.54) is 16.7 Å². The number of aliphatic hydroxyl groups excluding tert-OH is 1. The minimum atomic E-state index is -0.616. The first-order chi connectivity index (χ1) is 9.74. The summed E-state index contributed by atoms with van der Waals surface area (Å²) in [5, 5.41) is 10.3. The Balaban J connectivity index is 1.94. The van der Waals surface area contributed by atoms with Crippen molar-refractivity contribution in [1.29, 1.82) is 0 Å². The van der Waals surface area contributed by atoms with E-state index in [-0.39, 0.29) is 18.3 Å². The summed E-state index contributed by atoms with van der Waals surface area (Å²) in [7, 11) is 0. The lowest BCUT2D eigenvalue weighted by Gasteiger charge is -2.29. The lowest BCUT2D eigenvalue weighted by molar-refractivity contribution is -0.157. The number of esters is 1. The highest BCUT2D eigenvalue weighted by Crippen LogP contribution is 2.29. The van der Waals surface area contributed by atoms with Crippen molar-refractivity contribution < 1.29 is 14.6 Å². The summed E-state index contributed by atoms with van der Waals surface area (Å²) in [5.41, 5.74) is 3.48. The maximum Gasteiger partial charge on any atom is 0.308 e. The molecule has 0 bridgehead atoms. The second kappa shape index (κ2) is 6.18. The van der Waals surface area contributed by atoms with Crippen LogP contribution in [0.25, 0.3) is 0 Å². The largest absolute Gasteiger partial charge is 0.460 e. The normalized spacial score (nSPS) is 19.8. The molecule has 0 spiro atoms. The summed E-state index contributed by atoms with van der Waals surface area (Å²) in [4.78, 5) is 11.8. The van der Waals surface area contributed by atoms with Crippen LogP contribution in [0.5, 0.6) is 0 Å². The Morgan fingerprint density at radius 1 is 1.38 bits per heavy atom. The first-order valence-electron chi connectivity index (χ1n) is 7.73. The van der Waals surface area contributed by atoms with Crippen LogP contribution in [0, 0.1) is 12.8 Å². The molecule has 0 heterocycles. The van der Waals surface area contributed by atoms with E-state index in [1.54, 1.807) is 0 Å². The fraction of sp³-hybridized carbons (Fsp3) is 0.611. The second-order valence-electron chi connectivity index (χ2n) is 7.13. The molecule has 1 aromatic carbocycles. The number of hydrogen-bond donors (Lipinski definition) is 1. The van der Waals surface area contributed by atoms with Crippen LogP contribution in [-0.4, -0.2) is 22.8 Å². The average molecular weight is 290 g/mol. The Hall–Kier alpha value is -1.35. The maximum atomic E-state index is 11.8. The van der Waals surface area contributed by atoms with E-state index >= 15 is 0 Å². The predicted octanol–water partition coefficient (Wildman–Crippen LogP) is 3.19. The van der Waals surface area contributed by atoms with E-state index in [9.17, 15) is 9.90 Å². The van der Waals surface area contributed by atoms with E-state index in [0.29, 0.717) is 0 Å². The molecule has 0 aliphatic heterocycles. The molecule has 0 aromatic heterocycles. The SMILES string of the molecule is Cc1ccc2c(c1)CCC(C(O)CC(=O)OC(C)(C)C)C2. The van der Waals surface area contributed by atoms with Gasteiger partial charge in [0, 0.05) is 0 Å². The molecule has 1 aliphatic carbocycles. The quantitative estimate of drug-likeness (QED) is 0.870. The zero-order valence-electron chi connectivity index (χ0n) is 13.5. The third-order valence-electron chi connectivity index (χ3n) is 3.97. The Bertz CT molecular complexity index is 514. The highest BCUT2D eigenvalue weighted by Gasteiger charge is 2.28. The summed E-state index contributed by atoms with van der Waals surface area (Å²) < 4.78 is 5.29. The van der Waals surface area contributed by atoms with Crippen molar-refractivity contribution in [3.63, 3.8) is 0 Å². The fourth-order valence-electron chi connectivity index (χ4n) is 2.96. The zero-order chi connectivity index (χ0) is 15.6. The van der Waals surface area contributed by atoms with Gasteiger partial charge in [-0.05, 0) is 64.0 Å². The lowest BCUT2D eigenvalue weighted by Crippen LogP contribution is -2.32. The van der Waals surface area contributed by atoms with Gasteiger partial charge in [0.15, 0.2) is 0 Å². The fourth-order valence-corrected chi connectivity index (χ4v) is 2.96. The van der Waals surface area contributed by atoms with Gasteiger partial charge in [-0.1, -0.05) is 23.8 Å². The summed E-state index contributed by atoms with van der Waals surface area (Å²) in [6.07, 6.45) is 2.23. The van der Waals surface area contributed by atoms with Crippen molar-refractivity contribution in [3.05, 3.63) is 34.9 Å². The molecule has 3 nitrogen and oxygen atoms in total. The highest BCUT2D eigenvalue weighted by molar-refractivity contribution is 5.70. The van der Waals surface area contributed by atoms with Gasteiger partial charge in [-0.3, -0.25) is 4.79 Å². The van der Waals surface area contributed by atoms with Crippen molar-refractivity contribution in [2.45, 2.75) is 65.1 Å². The van der Waals surface area contributed by atoms with Crippen LogP contribution in [0.4, 0.5) is 0 Å². The van der Waals surface area contributed by atoms with Gasteiger partial charge in [0.1, 0.15) is 5.60 Å². The van der Waals surface area contributed by atoms with Crippen molar-refractivity contribution in [1.82, 2.24) is 0 Å². The Morgan fingerprint density at radius 2 is 2.10 bits per heavy atom. The Kier molecular flexibility index (Phi) is 4.72. The minimum absolute atomic E-state index is 0.0864. The van der Waals surface area contributed by atoms with Crippen LogP contribution in [-0.2, 0) is 22.4 Å². The Labute approximate surface area is 127 Å². The lowest BCUT2D eigenvalue weighted by atomic mass is 9.80. The van der Waals surface area contributed by atoms with Gasteiger partial charge in [0.2, 0.25) is 0 Å². The van der Waals surface area contributed by atoms with Crippen molar-refractivity contribution in [2.75, 3.05) is 0 Å². The molecule has 0 fully saturated rings. The van der Waals surface area contributed by atoms with Gasteiger partial charge in [0.05, 0.1) is 12.5 Å². The molecule has 0 saturated carbocycles. The van der Waals surface area contributed by atoms with Gasteiger partial charge in [-0.2, -0.15) is 0 Å². The van der Waals surface area contributed by atoms with Crippen LogP contribution in [0.3, 0.4) is 0 Å². The minimum Gasteiger partial charge on any atom is -0.460 e. The first kappa shape index (κ1) is 16.0. The summed E-state index contributed by atoms with van der Waals surface area (Å²) in [5.74, 6) is -0.169. The van der Waals surface area contributed by atoms with Crippen LogP contribution >= 0.6 is 0 Å². The number of benzene rings is 1. The van der Waals surface area contributed by atoms with Gasteiger partial charge >= 0.3 is 5.97 Å². The molecule has 2 atom stereocenters. The molecule has 3 heteroatoms. The molecule has 1 aromatic rings. The molecule has 0 saturated heterocycles. The molecule has 116 valence electrons. The molecular weight excluding hydrogens is 264 g/mol. The average Bonchev–Trinajstić information content (AvgIpc) is 2.35. The summed E-state index contributed by atoms with van der Waals surface area (Å²) in [6, 6.07) is 6.49. The number of rotatable bonds is 3. The molecule has 2 rings (SSSR count). The van der Waals surface area contributed by atoms with E-state index in [4.69, 9.17) is 4.74 Å². The van der Waals surface area contributed by atoms with Crippen LogP contribution in [0.2, 0.25) is 0 Å². The van der Waals surface area contributed by atoms with Crippen molar-refractivity contribution >= 4 is 5.97 Å². The third kappa shape index (κ3) is 4.57. The number of aliphatic hydroxyl groups is 1. The number of carbonyl (C=O) groups excluding carboxylic acids is 1. The molecule has 2 unspecified atom stereocenters. The van der Waals surface area contributed by atoms with Crippen LogP contribution in [0.15, 0.2) is 18.2 Å². The van der Waals surface area contributed by atoms with E-state index < -0.39 is 11.7 Å². The maximum absolute atomic E-state index is 11.8. The number of fused-ring (bicyclic) bond motifs is 1. The third-order valence-corrected chi connectivity index (χ3v) is 3.97. The summed E-state index contributed by atoms with van der Waals surface area (Å²) >= 11 is 0. The topological polar surface area (TPSA) is 46.5 Å². The van der Waals surface area contributed by atoms with E-state index in [0.717, 1.165) is 19.3 Å². The van der Waals surface area contributed by atoms with E-state index in [1.807, 2.05) is 20.8 Å². The molecule has 21 heavy (non-hydrogen) atoms. The van der Waals surface area contributed by atoms with Gasteiger partial charge in [-0.25, -0.2) is 0 Å². The zero-order valence-corrected chi connectivity index (χ0v) is 13.5. The standard InChI is InChI=1S/C18H26O3/c1-12-5-6-14-10-15(8-7-13(14)9-12)16(19)11-17(20)21-18(2,3)4/h5-6,9,15-16,19H,7-8,10-11H2,1-4H3. The first-order valence-corrected chi connectivity index (χ1v) is 7.73. The van der Waals surface area contributed by atoms with Crippen molar-refractivity contribution in [2.24, 2.45) is 5.92 Å². The molecule has 0 amide bonds. The van der Waals surface area contributed by atoms with Gasteiger partial charge < -0.3 is 9.84 Å².